The van der Waals surface area contributed by atoms with Gasteiger partial charge in [0.05, 0.1) is 13.0 Å². The lowest BCUT2D eigenvalue weighted by molar-refractivity contribution is -0.141. The molecule has 0 heterocycles. The van der Waals surface area contributed by atoms with Crippen molar-refractivity contribution in [3.8, 4) is 0 Å². The molecule has 3 saturated carbocycles. The highest BCUT2D eigenvalue weighted by Crippen LogP contribution is 2.30. The number of nitrogens with two attached hydrogens (primary N) is 1. The zero-order chi connectivity index (χ0) is 54.2. The summed E-state index contributed by atoms with van der Waals surface area (Å²) in [6.45, 7) is 7.62. The molecule has 3 rings (SSSR count). The lowest BCUT2D eigenvalue weighted by Gasteiger charge is -2.30. The van der Waals surface area contributed by atoms with E-state index in [4.69, 9.17) is 5.73 Å². The summed E-state index contributed by atoms with van der Waals surface area (Å²) in [4.78, 5) is 145. The van der Waals surface area contributed by atoms with Crippen molar-refractivity contribution < 1.29 is 63.0 Å². The minimum absolute atomic E-state index is 0.0460. The van der Waals surface area contributed by atoms with Gasteiger partial charge >= 0.3 is 11.9 Å². The van der Waals surface area contributed by atoms with E-state index >= 15 is 0 Å². The second-order valence-corrected chi connectivity index (χ2v) is 21.0. The highest BCUT2D eigenvalue weighted by Gasteiger charge is 2.37. The maximum atomic E-state index is 14.3. The second-order valence-electron chi connectivity index (χ2n) is 21.0. The van der Waals surface area contributed by atoms with Crippen LogP contribution < -0.4 is 48.3 Å². The Labute approximate surface area is 429 Å². The van der Waals surface area contributed by atoms with E-state index in [9.17, 15) is 63.0 Å². The Bertz CT molecular complexity index is 1900. The first kappa shape index (κ1) is 61.5. The molecule has 0 aromatic rings. The number of hydrogen-bond acceptors (Lipinski definition) is 11. The molecule has 0 aromatic carbocycles. The molecule has 9 amide bonds. The van der Waals surface area contributed by atoms with Gasteiger partial charge in [0.2, 0.25) is 53.2 Å². The molecule has 0 bridgehead atoms. The van der Waals surface area contributed by atoms with Gasteiger partial charge in [0.25, 0.3) is 0 Å². The Hall–Kier alpha value is -5.83. The van der Waals surface area contributed by atoms with Crippen LogP contribution in [0.2, 0.25) is 0 Å². The number of primary amides is 1. The van der Waals surface area contributed by atoms with E-state index in [1.807, 2.05) is 6.92 Å². The van der Waals surface area contributed by atoms with Gasteiger partial charge in [-0.05, 0) is 55.3 Å². The van der Waals surface area contributed by atoms with E-state index in [0.29, 0.717) is 12.8 Å². The summed E-state index contributed by atoms with van der Waals surface area (Å²) in [6, 6.07) is -8.98. The van der Waals surface area contributed by atoms with Crippen LogP contribution in [0.1, 0.15) is 176 Å². The molecule has 0 spiro atoms. The molecule has 22 nitrogen and oxygen atoms in total. The van der Waals surface area contributed by atoms with Gasteiger partial charge in [0.15, 0.2) is 0 Å². The van der Waals surface area contributed by atoms with Crippen molar-refractivity contribution in [3.63, 3.8) is 0 Å². The molecule has 3 aliphatic rings. The van der Waals surface area contributed by atoms with Gasteiger partial charge in [-0.3, -0.25) is 52.7 Å². The normalized spacial score (nSPS) is 18.9. The summed E-state index contributed by atoms with van der Waals surface area (Å²) >= 11 is 0. The van der Waals surface area contributed by atoms with Gasteiger partial charge in [0.1, 0.15) is 42.3 Å². The Morgan fingerprint density at radius 3 is 1.32 bits per heavy atom. The molecule has 0 aliphatic heterocycles. The van der Waals surface area contributed by atoms with Crippen LogP contribution >= 0.6 is 0 Å². The van der Waals surface area contributed by atoms with Crippen molar-refractivity contribution in [1.29, 1.82) is 0 Å². The monoisotopic (exact) mass is 1030 g/mol. The van der Waals surface area contributed by atoms with Crippen molar-refractivity contribution in [2.75, 3.05) is 6.54 Å². The Kier molecular flexibility index (Phi) is 26.7. The number of carbonyl (C=O) groups is 11. The Morgan fingerprint density at radius 1 is 0.493 bits per heavy atom. The average molecular weight is 1030 g/mol. The van der Waals surface area contributed by atoms with Crippen LogP contribution in [0, 0.1) is 29.6 Å². The summed E-state index contributed by atoms with van der Waals surface area (Å²) in [5.41, 5.74) is 5.62. The number of rotatable bonds is 30. The van der Waals surface area contributed by atoms with E-state index in [1.54, 1.807) is 20.8 Å². The van der Waals surface area contributed by atoms with Crippen LogP contribution in [-0.4, -0.2) is 124 Å². The zero-order valence-corrected chi connectivity index (χ0v) is 43.7. The van der Waals surface area contributed by atoms with Gasteiger partial charge in [-0.2, -0.15) is 0 Å². The maximum absolute atomic E-state index is 14.3. The van der Waals surface area contributed by atoms with E-state index < -0.39 is 139 Å². The van der Waals surface area contributed by atoms with Gasteiger partial charge in [-0.25, -0.2) is 0 Å². The maximum Gasteiger partial charge on any atom is 0.305 e. The highest BCUT2D eigenvalue weighted by molar-refractivity contribution is 5.98. The van der Waals surface area contributed by atoms with Crippen LogP contribution in [0.4, 0.5) is 0 Å². The largest absolute Gasteiger partial charge is 0.481 e. The van der Waals surface area contributed by atoms with Crippen LogP contribution in [0.5, 0.6) is 0 Å². The third kappa shape index (κ3) is 22.4. The molecule has 73 heavy (non-hydrogen) atoms. The van der Waals surface area contributed by atoms with Gasteiger partial charge < -0.3 is 58.5 Å². The topological polar surface area (TPSA) is 350 Å². The fraction of sp³-hybridized carbons (Fsp3) is 0.784. The summed E-state index contributed by atoms with van der Waals surface area (Å²) in [7, 11) is 0. The Morgan fingerprint density at radius 2 is 0.890 bits per heavy atom. The molecule has 0 unspecified atom stereocenters. The minimum atomic E-state index is -1.81. The third-order valence-electron chi connectivity index (χ3n) is 14.6. The fourth-order valence-electron chi connectivity index (χ4n) is 10.2. The molecule has 0 aromatic heterocycles. The van der Waals surface area contributed by atoms with E-state index in [-0.39, 0.29) is 36.5 Å². The molecule has 0 saturated heterocycles. The van der Waals surface area contributed by atoms with Crippen molar-refractivity contribution >= 4 is 65.1 Å². The first-order valence-corrected chi connectivity index (χ1v) is 26.7. The second kappa shape index (κ2) is 31.7. The third-order valence-corrected chi connectivity index (χ3v) is 14.6. The molecular weight excluding hydrogens is 947 g/mol. The number of carboxylic acid groups (broad SMARTS) is 2. The predicted molar refractivity (Wildman–Crippen MR) is 268 cm³/mol. The molecule has 0 radical (unpaired) electrons. The number of nitrogens with one attached hydrogen (secondary N) is 8. The van der Waals surface area contributed by atoms with Crippen LogP contribution in [0.3, 0.4) is 0 Å². The average Bonchev–Trinajstić information content (AvgIpc) is 3.34. The SMILES string of the molecule is CC[C@H](C)[C@H](NC(=O)[C@H](CC1CCCCC1)NC(=O)CNC(=O)[C@@H](NC(=O)[C@H](CC1CCCCC1)NC(=O)[C@H](CC(=O)O)NC(=O)[C@H](CCC(=O)O)NC(=O)[C@H](CC1CCCCC1)NC(C)=O)C(C)C)C(N)=O. The number of carboxylic acids is 2. The molecule has 8 atom stereocenters. The highest BCUT2D eigenvalue weighted by atomic mass is 16.4. The number of amides is 9. The zero-order valence-electron chi connectivity index (χ0n) is 43.7. The fourth-order valence-corrected chi connectivity index (χ4v) is 10.2. The van der Waals surface area contributed by atoms with Crippen LogP contribution in [-0.2, 0) is 52.7 Å². The number of carbonyl (C=O) groups excluding carboxylic acids is 9. The lowest BCUT2D eigenvalue weighted by atomic mass is 9.84. The van der Waals surface area contributed by atoms with Crippen molar-refractivity contribution in [2.45, 2.75) is 218 Å². The summed E-state index contributed by atoms with van der Waals surface area (Å²) < 4.78 is 0. The molecule has 3 fully saturated rings. The number of hydrogen-bond donors (Lipinski definition) is 11. The lowest BCUT2D eigenvalue weighted by Crippen LogP contribution is -2.60. The van der Waals surface area contributed by atoms with E-state index in [0.717, 1.165) is 96.3 Å². The molecule has 412 valence electrons. The van der Waals surface area contributed by atoms with E-state index in [2.05, 4.69) is 42.5 Å². The van der Waals surface area contributed by atoms with Crippen molar-refractivity contribution in [1.82, 2.24) is 42.5 Å². The molecule has 22 heteroatoms. The smallest absolute Gasteiger partial charge is 0.305 e. The van der Waals surface area contributed by atoms with Crippen LogP contribution in [0.15, 0.2) is 0 Å². The summed E-state index contributed by atoms with van der Waals surface area (Å²) in [5, 5.41) is 40.1. The quantitative estimate of drug-likeness (QED) is 0.0491. The predicted octanol–water partition coefficient (Wildman–Crippen LogP) is 1.95. The van der Waals surface area contributed by atoms with Crippen LogP contribution in [0.25, 0.3) is 0 Å². The van der Waals surface area contributed by atoms with Gasteiger partial charge in [0, 0.05) is 13.3 Å². The first-order valence-electron chi connectivity index (χ1n) is 26.7. The standard InChI is InChI=1S/C51H85N9O13/c1-6-30(4)44(45(52)67)60-49(71)37(25-33-18-12-8-13-19-33)55-40(62)28-53-51(73)43(29(2)3)59-50(72)38(26-34-20-14-9-15-21-34)57-48(70)39(27-42(65)66)58-46(68)35(22-23-41(63)64)56-47(69)36(54-31(5)61)24-32-16-10-7-11-17-32/h29-30,32-39,43-44H,6-28H2,1-5H3,(H2,52,67)(H,53,73)(H,54,61)(H,55,62)(H,56,69)(H,57,70)(H,58,68)(H,59,72)(H,60,71)(H,63,64)(H,65,66)/t30-,35-,36-,37-,38-,39-,43-,44-/m0/s1. The first-order chi connectivity index (χ1) is 34.6. The van der Waals surface area contributed by atoms with Gasteiger partial charge in [-0.1, -0.05) is 130 Å². The summed E-state index contributed by atoms with van der Waals surface area (Å²) in [6.07, 6.45) is 12.8. The van der Waals surface area contributed by atoms with Crippen molar-refractivity contribution in [3.05, 3.63) is 0 Å². The Balaban J connectivity index is 1.79. The molecule has 3 aliphatic carbocycles. The summed E-state index contributed by atoms with van der Waals surface area (Å²) in [5.74, 6) is -10.3. The van der Waals surface area contributed by atoms with E-state index in [1.165, 1.54) is 6.92 Å². The molecule has 12 N–H and O–H groups in total. The molecular formula is C51H85N9O13. The minimum Gasteiger partial charge on any atom is -0.481 e. The van der Waals surface area contributed by atoms with Crippen molar-refractivity contribution in [2.24, 2.45) is 35.3 Å². The number of aliphatic carboxylic acids is 2. The van der Waals surface area contributed by atoms with Gasteiger partial charge in [-0.15, -0.1) is 0 Å².